The van der Waals surface area contributed by atoms with Crippen LogP contribution in [0.3, 0.4) is 0 Å². The molecule has 2 heteroatoms. The van der Waals surface area contributed by atoms with E-state index < -0.39 is 0 Å². The van der Waals surface area contributed by atoms with Crippen molar-refractivity contribution < 1.29 is 0 Å². The first-order valence-electron chi connectivity index (χ1n) is 9.63. The molecule has 3 aliphatic rings. The molecule has 1 heterocycles. The molecular formula is C19H36N2. The van der Waals surface area contributed by atoms with Gasteiger partial charge in [0.05, 0.1) is 0 Å². The molecule has 2 nitrogen and oxygen atoms in total. The van der Waals surface area contributed by atoms with Gasteiger partial charge in [-0.2, -0.15) is 0 Å². The quantitative estimate of drug-likeness (QED) is 0.743. The van der Waals surface area contributed by atoms with Gasteiger partial charge in [0.1, 0.15) is 0 Å². The smallest absolute Gasteiger partial charge is 0.00684 e. The van der Waals surface area contributed by atoms with Gasteiger partial charge in [-0.1, -0.05) is 39.5 Å². The van der Waals surface area contributed by atoms with Crippen LogP contribution in [-0.2, 0) is 0 Å². The Kier molecular flexibility index (Phi) is 5.27. The minimum Gasteiger partial charge on any atom is -0.313 e. The Balaban J connectivity index is 1.58. The third-order valence-corrected chi connectivity index (χ3v) is 6.32. The molecule has 3 fully saturated rings. The molecule has 0 radical (unpaired) electrons. The maximum absolute atomic E-state index is 3.88. The lowest BCUT2D eigenvalue weighted by Gasteiger charge is -2.37. The summed E-state index contributed by atoms with van der Waals surface area (Å²) in [6.45, 7) is 10.2. The predicted octanol–water partition coefficient (Wildman–Crippen LogP) is 4.06. The molecule has 0 amide bonds. The molecule has 1 atom stereocenters. The fourth-order valence-electron chi connectivity index (χ4n) is 4.54. The summed E-state index contributed by atoms with van der Waals surface area (Å²) < 4.78 is 0. The Bertz CT molecular complexity index is 314. The maximum atomic E-state index is 3.88. The van der Waals surface area contributed by atoms with Crippen molar-refractivity contribution in [3.8, 4) is 0 Å². The maximum Gasteiger partial charge on any atom is 0.00684 e. The van der Waals surface area contributed by atoms with E-state index in [1.807, 2.05) is 0 Å². The lowest BCUT2D eigenvalue weighted by Crippen LogP contribution is -2.44. The molecule has 1 unspecified atom stereocenters. The predicted molar refractivity (Wildman–Crippen MR) is 90.5 cm³/mol. The van der Waals surface area contributed by atoms with Gasteiger partial charge in [-0.05, 0) is 55.9 Å². The number of likely N-dealkylation sites (tertiary alicyclic amines) is 1. The van der Waals surface area contributed by atoms with Crippen LogP contribution in [0.1, 0.15) is 71.6 Å². The van der Waals surface area contributed by atoms with Gasteiger partial charge in [0.15, 0.2) is 0 Å². The number of nitrogens with zero attached hydrogens (tertiary/aromatic N) is 1. The molecule has 1 saturated heterocycles. The van der Waals surface area contributed by atoms with E-state index >= 15 is 0 Å². The van der Waals surface area contributed by atoms with Crippen molar-refractivity contribution in [3.63, 3.8) is 0 Å². The first-order valence-corrected chi connectivity index (χ1v) is 9.63. The van der Waals surface area contributed by atoms with E-state index in [-0.39, 0.29) is 0 Å². The molecule has 1 aliphatic heterocycles. The number of nitrogens with one attached hydrogen (secondary N) is 1. The molecule has 1 N–H and O–H groups in total. The average molecular weight is 293 g/mol. The fraction of sp³-hybridized carbons (Fsp3) is 1.00. The third kappa shape index (κ3) is 4.45. The van der Waals surface area contributed by atoms with Crippen molar-refractivity contribution in [2.75, 3.05) is 26.2 Å². The van der Waals surface area contributed by atoms with Crippen LogP contribution in [0.15, 0.2) is 0 Å². The van der Waals surface area contributed by atoms with Gasteiger partial charge in [-0.3, -0.25) is 0 Å². The lowest BCUT2D eigenvalue weighted by atomic mass is 9.79. The molecule has 122 valence electrons. The normalized spacial score (nSPS) is 30.7. The Morgan fingerprint density at radius 3 is 2.33 bits per heavy atom. The van der Waals surface area contributed by atoms with E-state index in [1.165, 1.54) is 84.0 Å². The Morgan fingerprint density at radius 1 is 1.05 bits per heavy atom. The monoisotopic (exact) mass is 292 g/mol. The summed E-state index contributed by atoms with van der Waals surface area (Å²) in [5.41, 5.74) is 0.588. The molecule has 3 rings (SSSR count). The molecule has 0 spiro atoms. The van der Waals surface area contributed by atoms with Crippen molar-refractivity contribution in [1.82, 2.24) is 10.2 Å². The zero-order valence-corrected chi connectivity index (χ0v) is 14.4. The van der Waals surface area contributed by atoms with Crippen LogP contribution in [0.4, 0.5) is 0 Å². The highest BCUT2D eigenvalue weighted by Crippen LogP contribution is 2.38. The van der Waals surface area contributed by atoms with Crippen molar-refractivity contribution in [2.24, 2.45) is 17.3 Å². The molecule has 0 aromatic heterocycles. The number of hydrogen-bond donors (Lipinski definition) is 1. The van der Waals surface area contributed by atoms with Crippen LogP contribution in [0.2, 0.25) is 0 Å². The summed E-state index contributed by atoms with van der Waals surface area (Å²) in [5.74, 6) is 1.81. The average Bonchev–Trinajstić information content (AvgIpc) is 3.21. The van der Waals surface area contributed by atoms with Crippen molar-refractivity contribution >= 4 is 0 Å². The summed E-state index contributed by atoms with van der Waals surface area (Å²) in [5, 5.41) is 3.88. The Morgan fingerprint density at radius 2 is 1.76 bits per heavy atom. The van der Waals surface area contributed by atoms with Gasteiger partial charge in [0, 0.05) is 25.7 Å². The van der Waals surface area contributed by atoms with E-state index in [0.717, 1.165) is 17.9 Å². The van der Waals surface area contributed by atoms with Crippen LogP contribution in [0, 0.1) is 17.3 Å². The first kappa shape index (κ1) is 15.8. The highest BCUT2D eigenvalue weighted by Gasteiger charge is 2.36. The van der Waals surface area contributed by atoms with Crippen LogP contribution in [0.25, 0.3) is 0 Å². The second-order valence-electron chi connectivity index (χ2n) is 8.60. The fourth-order valence-corrected chi connectivity index (χ4v) is 4.54. The molecule has 0 aromatic rings. The minimum atomic E-state index is 0.588. The standard InChI is InChI=1S/C19H36N2/c1-16(2)17-9-12-21(13-17)15-19(14-20-18-7-8-18)10-5-3-4-6-11-19/h16-18,20H,3-15H2,1-2H3. The van der Waals surface area contributed by atoms with Gasteiger partial charge in [-0.15, -0.1) is 0 Å². The van der Waals surface area contributed by atoms with Gasteiger partial charge >= 0.3 is 0 Å². The Hall–Kier alpha value is -0.0800. The summed E-state index contributed by atoms with van der Waals surface area (Å²) in [6, 6.07) is 0.868. The van der Waals surface area contributed by atoms with E-state index in [9.17, 15) is 0 Å². The van der Waals surface area contributed by atoms with Crippen LogP contribution >= 0.6 is 0 Å². The highest BCUT2D eigenvalue weighted by atomic mass is 15.2. The molecule has 0 aromatic carbocycles. The van der Waals surface area contributed by atoms with Crippen molar-refractivity contribution in [2.45, 2.75) is 77.7 Å². The van der Waals surface area contributed by atoms with E-state index in [2.05, 4.69) is 24.1 Å². The van der Waals surface area contributed by atoms with Gasteiger partial charge in [0.2, 0.25) is 0 Å². The second kappa shape index (κ2) is 7.00. The van der Waals surface area contributed by atoms with E-state index in [4.69, 9.17) is 0 Å². The van der Waals surface area contributed by atoms with Crippen molar-refractivity contribution in [1.29, 1.82) is 0 Å². The SMILES string of the molecule is CC(C)C1CCN(CC2(CNC3CC3)CCCCCC2)C1. The number of hydrogen-bond acceptors (Lipinski definition) is 2. The molecule has 2 aliphatic carbocycles. The van der Waals surface area contributed by atoms with Crippen LogP contribution < -0.4 is 5.32 Å². The molecule has 21 heavy (non-hydrogen) atoms. The van der Waals surface area contributed by atoms with E-state index in [0.29, 0.717) is 5.41 Å². The summed E-state index contributed by atoms with van der Waals surface area (Å²) >= 11 is 0. The van der Waals surface area contributed by atoms with E-state index in [1.54, 1.807) is 0 Å². The largest absolute Gasteiger partial charge is 0.313 e. The topological polar surface area (TPSA) is 15.3 Å². The summed E-state index contributed by atoms with van der Waals surface area (Å²) in [7, 11) is 0. The van der Waals surface area contributed by atoms with Crippen LogP contribution in [-0.4, -0.2) is 37.1 Å². The lowest BCUT2D eigenvalue weighted by molar-refractivity contribution is 0.139. The highest BCUT2D eigenvalue weighted by molar-refractivity contribution is 4.92. The van der Waals surface area contributed by atoms with Gasteiger partial charge in [-0.25, -0.2) is 0 Å². The number of rotatable bonds is 6. The van der Waals surface area contributed by atoms with Crippen LogP contribution in [0.5, 0.6) is 0 Å². The zero-order valence-electron chi connectivity index (χ0n) is 14.4. The third-order valence-electron chi connectivity index (χ3n) is 6.32. The van der Waals surface area contributed by atoms with Gasteiger partial charge in [0.25, 0.3) is 0 Å². The molecular weight excluding hydrogens is 256 g/mol. The summed E-state index contributed by atoms with van der Waals surface area (Å²) in [6.07, 6.45) is 13.1. The summed E-state index contributed by atoms with van der Waals surface area (Å²) in [4.78, 5) is 2.81. The van der Waals surface area contributed by atoms with Crippen molar-refractivity contribution in [3.05, 3.63) is 0 Å². The molecule has 0 bridgehead atoms. The first-order chi connectivity index (χ1) is 10.2. The Labute approximate surface area is 132 Å². The van der Waals surface area contributed by atoms with Gasteiger partial charge < -0.3 is 10.2 Å². The minimum absolute atomic E-state index is 0.588. The second-order valence-corrected chi connectivity index (χ2v) is 8.60. The zero-order chi connectivity index (χ0) is 14.7. The molecule has 2 saturated carbocycles.